The van der Waals surface area contributed by atoms with E-state index in [1.165, 1.54) is 12.1 Å². The molecule has 0 unspecified atom stereocenters. The van der Waals surface area contributed by atoms with Crippen molar-refractivity contribution in [3.8, 4) is 0 Å². The Morgan fingerprint density at radius 1 is 1.06 bits per heavy atom. The van der Waals surface area contributed by atoms with Crippen LogP contribution in [0.1, 0.15) is 0 Å². The highest BCUT2D eigenvalue weighted by Gasteiger charge is 2.14. The lowest BCUT2D eigenvalue weighted by Gasteiger charge is -2.08. The molecule has 0 atom stereocenters. The highest BCUT2D eigenvalue weighted by atomic mass is 127. The molecule has 1 N–H and O–H groups in total. The fraction of sp³-hybridized carbons (Fsp3) is 0. The van der Waals surface area contributed by atoms with E-state index >= 15 is 0 Å². The number of hydrogen-bond donors (Lipinski definition) is 1. The summed E-state index contributed by atoms with van der Waals surface area (Å²) in [6, 6.07) is 13.3. The van der Waals surface area contributed by atoms with Crippen LogP contribution in [0, 0.1) is 3.57 Å². The molecule has 0 amide bonds. The van der Waals surface area contributed by atoms with E-state index in [0.29, 0.717) is 10.7 Å². The van der Waals surface area contributed by atoms with Gasteiger partial charge in [0.15, 0.2) is 0 Å². The number of nitrogens with one attached hydrogen (secondary N) is 1. The molecule has 0 aromatic heterocycles. The number of hydrogen-bond acceptors (Lipinski definition) is 2. The molecule has 0 spiro atoms. The molecule has 0 aliphatic carbocycles. The summed E-state index contributed by atoms with van der Waals surface area (Å²) >= 11 is 7.91. The van der Waals surface area contributed by atoms with Crippen molar-refractivity contribution < 1.29 is 8.42 Å². The highest BCUT2D eigenvalue weighted by Crippen LogP contribution is 2.20. The van der Waals surface area contributed by atoms with Crippen molar-refractivity contribution in [2.75, 3.05) is 4.72 Å². The molecule has 18 heavy (non-hydrogen) atoms. The Morgan fingerprint density at radius 3 is 2.44 bits per heavy atom. The third-order valence-corrected chi connectivity index (χ3v) is 4.47. The van der Waals surface area contributed by atoms with E-state index < -0.39 is 10.0 Å². The Labute approximate surface area is 124 Å². The van der Waals surface area contributed by atoms with Crippen molar-refractivity contribution >= 4 is 49.9 Å². The lowest BCUT2D eigenvalue weighted by molar-refractivity contribution is 0.601. The molecule has 2 rings (SSSR count). The maximum Gasteiger partial charge on any atom is 0.261 e. The second-order valence-electron chi connectivity index (χ2n) is 3.57. The molecule has 0 saturated heterocycles. The third-order valence-electron chi connectivity index (χ3n) is 2.18. The summed E-state index contributed by atoms with van der Waals surface area (Å²) < 4.78 is 27.7. The average molecular weight is 394 g/mol. The standard InChI is InChI=1S/C12H9ClINO2S/c13-9-3-1-6-12(7-9)18(16,17)15-11-5-2-4-10(14)8-11/h1-8,15H. The number of sulfonamides is 1. The van der Waals surface area contributed by atoms with E-state index in [1.807, 2.05) is 6.07 Å². The van der Waals surface area contributed by atoms with Crippen LogP contribution >= 0.6 is 34.2 Å². The number of benzene rings is 2. The molecule has 0 saturated carbocycles. The fourth-order valence-corrected chi connectivity index (χ4v) is 3.29. The maximum absolute atomic E-state index is 12.1. The fourth-order valence-electron chi connectivity index (χ4n) is 1.40. The Hall–Kier alpha value is -0.790. The van der Waals surface area contributed by atoms with Gasteiger partial charge in [0.25, 0.3) is 10.0 Å². The van der Waals surface area contributed by atoms with E-state index in [9.17, 15) is 8.42 Å². The van der Waals surface area contributed by atoms with Crippen molar-refractivity contribution in [3.63, 3.8) is 0 Å². The zero-order valence-electron chi connectivity index (χ0n) is 9.10. The Bertz CT molecular complexity index is 673. The Morgan fingerprint density at radius 2 is 1.78 bits per heavy atom. The summed E-state index contributed by atoms with van der Waals surface area (Å²) in [6.45, 7) is 0. The molecule has 0 fully saturated rings. The normalized spacial score (nSPS) is 11.2. The molecule has 2 aromatic rings. The van der Waals surface area contributed by atoms with Gasteiger partial charge in [0.05, 0.1) is 4.90 Å². The van der Waals surface area contributed by atoms with Gasteiger partial charge in [-0.05, 0) is 59.0 Å². The van der Waals surface area contributed by atoms with E-state index in [4.69, 9.17) is 11.6 Å². The van der Waals surface area contributed by atoms with Crippen LogP contribution in [0.2, 0.25) is 5.02 Å². The first-order chi connectivity index (χ1) is 8.47. The molecule has 0 aliphatic heterocycles. The zero-order valence-corrected chi connectivity index (χ0v) is 12.8. The van der Waals surface area contributed by atoms with Gasteiger partial charge in [-0.2, -0.15) is 0 Å². The van der Waals surface area contributed by atoms with Gasteiger partial charge in [0.1, 0.15) is 0 Å². The van der Waals surface area contributed by atoms with E-state index in [-0.39, 0.29) is 4.90 Å². The molecule has 0 aliphatic rings. The van der Waals surface area contributed by atoms with Crippen molar-refractivity contribution in [3.05, 3.63) is 57.1 Å². The largest absolute Gasteiger partial charge is 0.280 e. The van der Waals surface area contributed by atoms with Gasteiger partial charge in [0, 0.05) is 14.3 Å². The molecule has 6 heteroatoms. The van der Waals surface area contributed by atoms with Crippen molar-refractivity contribution in [2.45, 2.75) is 4.90 Å². The lowest BCUT2D eigenvalue weighted by atomic mass is 10.3. The molecule has 94 valence electrons. The van der Waals surface area contributed by atoms with Crippen molar-refractivity contribution in [2.24, 2.45) is 0 Å². The van der Waals surface area contributed by atoms with E-state index in [1.54, 1.807) is 30.3 Å². The molecule has 0 bridgehead atoms. The van der Waals surface area contributed by atoms with Crippen LogP contribution < -0.4 is 4.72 Å². The smallest absolute Gasteiger partial charge is 0.261 e. The van der Waals surface area contributed by atoms with Gasteiger partial charge in [0.2, 0.25) is 0 Å². The first kappa shape index (κ1) is 13.6. The summed E-state index contributed by atoms with van der Waals surface area (Å²) in [7, 11) is -3.59. The topological polar surface area (TPSA) is 46.2 Å². The van der Waals surface area contributed by atoms with Crippen LogP contribution in [0.5, 0.6) is 0 Å². The second kappa shape index (κ2) is 5.46. The third kappa shape index (κ3) is 3.37. The maximum atomic E-state index is 12.1. The van der Waals surface area contributed by atoms with Crippen LogP contribution in [-0.4, -0.2) is 8.42 Å². The van der Waals surface area contributed by atoms with Crippen LogP contribution in [0.25, 0.3) is 0 Å². The highest BCUT2D eigenvalue weighted by molar-refractivity contribution is 14.1. The first-order valence-corrected chi connectivity index (χ1v) is 7.95. The molecule has 0 heterocycles. The second-order valence-corrected chi connectivity index (χ2v) is 6.94. The van der Waals surface area contributed by atoms with Gasteiger partial charge >= 0.3 is 0 Å². The Kier molecular flexibility index (Phi) is 4.14. The number of rotatable bonds is 3. The minimum Gasteiger partial charge on any atom is -0.280 e. The quantitative estimate of drug-likeness (QED) is 0.808. The predicted octanol–water partition coefficient (Wildman–Crippen LogP) is 3.75. The summed E-state index contributed by atoms with van der Waals surface area (Å²) in [5.74, 6) is 0. The van der Waals surface area contributed by atoms with Gasteiger partial charge in [-0.15, -0.1) is 0 Å². The van der Waals surface area contributed by atoms with Gasteiger partial charge in [-0.3, -0.25) is 4.72 Å². The first-order valence-electron chi connectivity index (χ1n) is 5.01. The Balaban J connectivity index is 2.33. The summed E-state index contributed by atoms with van der Waals surface area (Å²) in [6.07, 6.45) is 0. The molecular formula is C12H9ClINO2S. The summed E-state index contributed by atoms with van der Waals surface area (Å²) in [5, 5.41) is 0.389. The van der Waals surface area contributed by atoms with Gasteiger partial charge < -0.3 is 0 Å². The van der Waals surface area contributed by atoms with Crippen LogP contribution in [-0.2, 0) is 10.0 Å². The van der Waals surface area contributed by atoms with Crippen molar-refractivity contribution in [1.82, 2.24) is 0 Å². The average Bonchev–Trinajstić information content (AvgIpc) is 2.28. The zero-order chi connectivity index (χ0) is 13.2. The molecule has 0 radical (unpaired) electrons. The monoisotopic (exact) mass is 393 g/mol. The predicted molar refractivity (Wildman–Crippen MR) is 81.4 cm³/mol. The lowest BCUT2D eigenvalue weighted by Crippen LogP contribution is -2.12. The van der Waals surface area contributed by atoms with E-state index in [0.717, 1.165) is 3.57 Å². The summed E-state index contributed by atoms with van der Waals surface area (Å²) in [4.78, 5) is 0.147. The number of anilines is 1. The minimum atomic E-state index is -3.59. The molecular weight excluding hydrogens is 385 g/mol. The van der Waals surface area contributed by atoms with Crippen LogP contribution in [0.3, 0.4) is 0 Å². The molecule has 3 nitrogen and oxygen atoms in total. The number of halogens is 2. The summed E-state index contributed by atoms with van der Waals surface area (Å²) in [5.41, 5.74) is 0.530. The SMILES string of the molecule is O=S(=O)(Nc1cccc(I)c1)c1cccc(Cl)c1. The minimum absolute atomic E-state index is 0.147. The van der Waals surface area contributed by atoms with Gasteiger partial charge in [-0.25, -0.2) is 8.42 Å². The molecule has 2 aromatic carbocycles. The van der Waals surface area contributed by atoms with Gasteiger partial charge in [-0.1, -0.05) is 23.7 Å². The van der Waals surface area contributed by atoms with Crippen LogP contribution in [0.15, 0.2) is 53.4 Å². The van der Waals surface area contributed by atoms with Crippen LogP contribution in [0.4, 0.5) is 5.69 Å². The van der Waals surface area contributed by atoms with Crippen molar-refractivity contribution in [1.29, 1.82) is 0 Å². The van der Waals surface area contributed by atoms with E-state index in [2.05, 4.69) is 27.3 Å².